The van der Waals surface area contributed by atoms with Gasteiger partial charge >= 0.3 is 5.97 Å². The first-order chi connectivity index (χ1) is 8.54. The first-order valence-electron chi connectivity index (χ1n) is 5.84. The van der Waals surface area contributed by atoms with Crippen LogP contribution in [0.4, 0.5) is 0 Å². The van der Waals surface area contributed by atoms with E-state index in [9.17, 15) is 9.90 Å². The molecule has 0 fully saturated rings. The van der Waals surface area contributed by atoms with Crippen LogP contribution in [0, 0.1) is 0 Å². The Labute approximate surface area is 105 Å². The molecular weight excluding hydrogens is 238 g/mol. The molecule has 1 unspecified atom stereocenters. The number of rotatable bonds is 8. The highest BCUT2D eigenvalue weighted by Crippen LogP contribution is 2.10. The molecule has 0 aliphatic carbocycles. The molecule has 7 heteroatoms. The number of hydrogen-bond acceptors (Lipinski definition) is 5. The second-order valence-corrected chi connectivity index (χ2v) is 4.20. The number of aliphatic hydroxyl groups excluding tert-OH is 1. The van der Waals surface area contributed by atoms with Gasteiger partial charge in [0.25, 0.3) is 0 Å². The molecule has 1 atom stereocenters. The standard InChI is InChI=1S/C11H19N3O4/c1-8(15)4-3-5-14-10(7-18-2)9(12-13-14)6-11(16)17/h8,15H,3-7H2,1-2H3,(H,16,17). The summed E-state index contributed by atoms with van der Waals surface area (Å²) in [5, 5.41) is 25.7. The third-order valence-electron chi connectivity index (χ3n) is 2.51. The number of aromatic nitrogens is 3. The number of hydrogen-bond donors (Lipinski definition) is 2. The van der Waals surface area contributed by atoms with Crippen molar-refractivity contribution in [1.29, 1.82) is 0 Å². The van der Waals surface area contributed by atoms with Gasteiger partial charge in [-0.2, -0.15) is 0 Å². The van der Waals surface area contributed by atoms with Gasteiger partial charge in [-0.3, -0.25) is 4.79 Å². The summed E-state index contributed by atoms with van der Waals surface area (Å²) in [6.45, 7) is 2.60. The predicted octanol–water partition coefficient (Wildman–Crippen LogP) is 0.213. The van der Waals surface area contributed by atoms with Crippen LogP contribution in [0.3, 0.4) is 0 Å². The van der Waals surface area contributed by atoms with Crippen molar-refractivity contribution in [2.24, 2.45) is 0 Å². The molecule has 1 heterocycles. The van der Waals surface area contributed by atoms with E-state index in [4.69, 9.17) is 9.84 Å². The summed E-state index contributed by atoms with van der Waals surface area (Å²) in [6, 6.07) is 0. The normalized spacial score (nSPS) is 12.6. The van der Waals surface area contributed by atoms with E-state index in [0.717, 1.165) is 6.42 Å². The molecule has 1 rings (SSSR count). The lowest BCUT2D eigenvalue weighted by molar-refractivity contribution is -0.136. The highest BCUT2D eigenvalue weighted by molar-refractivity contribution is 5.69. The molecule has 0 spiro atoms. The number of methoxy groups -OCH3 is 1. The molecule has 7 nitrogen and oxygen atoms in total. The summed E-state index contributed by atoms with van der Waals surface area (Å²) in [7, 11) is 1.54. The van der Waals surface area contributed by atoms with Gasteiger partial charge in [0, 0.05) is 13.7 Å². The Bertz CT molecular complexity index is 390. The zero-order valence-corrected chi connectivity index (χ0v) is 10.7. The number of carboxylic acid groups (broad SMARTS) is 1. The van der Waals surface area contributed by atoms with Crippen LogP contribution in [0.1, 0.15) is 31.2 Å². The number of nitrogens with zero attached hydrogens (tertiary/aromatic N) is 3. The van der Waals surface area contributed by atoms with Gasteiger partial charge in [0.05, 0.1) is 30.5 Å². The van der Waals surface area contributed by atoms with E-state index in [1.165, 1.54) is 7.11 Å². The van der Waals surface area contributed by atoms with Crippen molar-refractivity contribution >= 4 is 5.97 Å². The quantitative estimate of drug-likeness (QED) is 0.691. The van der Waals surface area contributed by atoms with Gasteiger partial charge in [0.1, 0.15) is 0 Å². The van der Waals surface area contributed by atoms with Crippen LogP contribution < -0.4 is 0 Å². The molecule has 18 heavy (non-hydrogen) atoms. The van der Waals surface area contributed by atoms with E-state index in [1.54, 1.807) is 11.6 Å². The van der Waals surface area contributed by atoms with Gasteiger partial charge in [-0.05, 0) is 19.8 Å². The topological polar surface area (TPSA) is 97.5 Å². The van der Waals surface area contributed by atoms with Crippen molar-refractivity contribution in [3.63, 3.8) is 0 Å². The molecule has 0 aromatic carbocycles. The van der Waals surface area contributed by atoms with Crippen LogP contribution in [-0.4, -0.2) is 44.4 Å². The Morgan fingerprint density at radius 1 is 1.56 bits per heavy atom. The Hall–Kier alpha value is -1.47. The second kappa shape index (κ2) is 7.07. The summed E-state index contributed by atoms with van der Waals surface area (Å²) in [4.78, 5) is 10.7. The van der Waals surface area contributed by atoms with Crippen molar-refractivity contribution in [3.05, 3.63) is 11.4 Å². The summed E-state index contributed by atoms with van der Waals surface area (Å²) in [5.74, 6) is -0.941. The van der Waals surface area contributed by atoms with E-state index in [2.05, 4.69) is 10.3 Å². The predicted molar refractivity (Wildman–Crippen MR) is 63.0 cm³/mol. The Morgan fingerprint density at radius 3 is 2.83 bits per heavy atom. The minimum Gasteiger partial charge on any atom is -0.481 e. The summed E-state index contributed by atoms with van der Waals surface area (Å²) >= 11 is 0. The van der Waals surface area contributed by atoms with Gasteiger partial charge in [-0.25, -0.2) is 4.68 Å². The van der Waals surface area contributed by atoms with Gasteiger partial charge in [-0.1, -0.05) is 5.21 Å². The molecule has 0 saturated carbocycles. The minimum atomic E-state index is -0.941. The van der Waals surface area contributed by atoms with Crippen molar-refractivity contribution < 1.29 is 19.7 Å². The highest BCUT2D eigenvalue weighted by atomic mass is 16.5. The monoisotopic (exact) mass is 257 g/mol. The molecule has 1 aromatic heterocycles. The molecule has 1 aromatic rings. The molecule has 0 radical (unpaired) electrons. The van der Waals surface area contributed by atoms with Gasteiger partial charge in [0.15, 0.2) is 0 Å². The lowest BCUT2D eigenvalue weighted by atomic mass is 10.2. The first-order valence-corrected chi connectivity index (χ1v) is 5.84. The molecule has 0 saturated heterocycles. The average molecular weight is 257 g/mol. The molecule has 2 N–H and O–H groups in total. The zero-order valence-electron chi connectivity index (χ0n) is 10.7. The fourth-order valence-corrected chi connectivity index (χ4v) is 1.66. The lowest BCUT2D eigenvalue weighted by Crippen LogP contribution is -2.11. The SMILES string of the molecule is COCc1c(CC(=O)O)nnn1CCCC(C)O. The van der Waals surface area contributed by atoms with Crippen LogP contribution in [-0.2, 0) is 29.1 Å². The van der Waals surface area contributed by atoms with Gasteiger partial charge < -0.3 is 14.9 Å². The summed E-state index contributed by atoms with van der Waals surface area (Å²) < 4.78 is 6.68. The van der Waals surface area contributed by atoms with Crippen molar-refractivity contribution in [2.75, 3.05) is 7.11 Å². The maximum Gasteiger partial charge on any atom is 0.309 e. The van der Waals surface area contributed by atoms with Crippen LogP contribution in [0.5, 0.6) is 0 Å². The van der Waals surface area contributed by atoms with E-state index in [0.29, 0.717) is 24.4 Å². The summed E-state index contributed by atoms with van der Waals surface area (Å²) in [5.41, 5.74) is 1.12. The van der Waals surface area contributed by atoms with Crippen LogP contribution in [0.25, 0.3) is 0 Å². The van der Waals surface area contributed by atoms with Crippen molar-refractivity contribution in [2.45, 2.75) is 45.4 Å². The first kappa shape index (κ1) is 14.6. The number of ether oxygens (including phenoxy) is 1. The maximum atomic E-state index is 10.7. The molecule has 0 aliphatic heterocycles. The Morgan fingerprint density at radius 2 is 2.28 bits per heavy atom. The number of carbonyl (C=O) groups is 1. The Kier molecular flexibility index (Phi) is 5.73. The molecule has 0 amide bonds. The van der Waals surface area contributed by atoms with Gasteiger partial charge in [-0.15, -0.1) is 5.10 Å². The third kappa shape index (κ3) is 4.42. The fourth-order valence-electron chi connectivity index (χ4n) is 1.66. The maximum absolute atomic E-state index is 10.7. The van der Waals surface area contributed by atoms with E-state index in [1.807, 2.05) is 0 Å². The number of aryl methyl sites for hydroxylation is 1. The number of aliphatic carboxylic acids is 1. The van der Waals surface area contributed by atoms with Crippen LogP contribution in [0.15, 0.2) is 0 Å². The number of carboxylic acids is 1. The number of aliphatic hydroxyl groups is 1. The fraction of sp³-hybridized carbons (Fsp3) is 0.727. The van der Waals surface area contributed by atoms with E-state index in [-0.39, 0.29) is 19.1 Å². The van der Waals surface area contributed by atoms with Gasteiger partial charge in [0.2, 0.25) is 0 Å². The smallest absolute Gasteiger partial charge is 0.309 e. The zero-order chi connectivity index (χ0) is 13.5. The second-order valence-electron chi connectivity index (χ2n) is 4.20. The van der Waals surface area contributed by atoms with Crippen molar-refractivity contribution in [3.8, 4) is 0 Å². The third-order valence-corrected chi connectivity index (χ3v) is 2.51. The van der Waals surface area contributed by atoms with Crippen LogP contribution >= 0.6 is 0 Å². The van der Waals surface area contributed by atoms with Crippen molar-refractivity contribution in [1.82, 2.24) is 15.0 Å². The average Bonchev–Trinajstić information content (AvgIpc) is 2.61. The van der Waals surface area contributed by atoms with E-state index < -0.39 is 5.97 Å². The van der Waals surface area contributed by atoms with E-state index >= 15 is 0 Å². The molecular formula is C11H19N3O4. The minimum absolute atomic E-state index is 0.158. The lowest BCUT2D eigenvalue weighted by Gasteiger charge is -2.07. The Balaban J connectivity index is 2.71. The van der Waals surface area contributed by atoms with Crippen LogP contribution in [0.2, 0.25) is 0 Å². The molecule has 0 bridgehead atoms. The molecule has 0 aliphatic rings. The largest absolute Gasteiger partial charge is 0.481 e. The summed E-state index contributed by atoms with van der Waals surface area (Å²) in [6.07, 6.45) is 0.915. The highest BCUT2D eigenvalue weighted by Gasteiger charge is 2.15. The molecule has 102 valence electrons.